The van der Waals surface area contributed by atoms with E-state index in [0.717, 1.165) is 16.0 Å². The van der Waals surface area contributed by atoms with Crippen molar-refractivity contribution in [2.75, 3.05) is 18.0 Å². The van der Waals surface area contributed by atoms with Crippen molar-refractivity contribution in [2.45, 2.75) is 39.9 Å². The fraction of sp³-hybridized carbons (Fsp3) is 0.333. The van der Waals surface area contributed by atoms with E-state index in [0.29, 0.717) is 29.9 Å². The number of morpholine rings is 1. The van der Waals surface area contributed by atoms with Gasteiger partial charge in [0.2, 0.25) is 0 Å². The number of nitrogens with zero attached hydrogens (tertiary/aromatic N) is 2. The Hall–Kier alpha value is -2.99. The molecule has 30 heavy (non-hydrogen) atoms. The van der Waals surface area contributed by atoms with Crippen LogP contribution in [0.2, 0.25) is 0 Å². The normalized spacial score (nSPS) is 22.3. The van der Waals surface area contributed by atoms with Crippen LogP contribution in [0.15, 0.2) is 48.2 Å². The summed E-state index contributed by atoms with van der Waals surface area (Å²) in [7, 11) is 0. The minimum absolute atomic E-state index is 0.0756. The topological polar surface area (TPSA) is 49.9 Å². The number of aryl methyl sites for hydroxylation is 2. The maximum absolute atomic E-state index is 13.9. The Morgan fingerprint density at radius 3 is 2.27 bits per heavy atom. The molecule has 0 aromatic heterocycles. The second-order valence-corrected chi connectivity index (χ2v) is 8.11. The molecule has 0 aliphatic carbocycles. The van der Waals surface area contributed by atoms with Crippen LogP contribution >= 0.6 is 0 Å². The first-order chi connectivity index (χ1) is 14.3. The van der Waals surface area contributed by atoms with E-state index < -0.39 is 17.6 Å². The monoisotopic (exact) mass is 408 g/mol. The highest BCUT2D eigenvalue weighted by molar-refractivity contribution is 6.45. The molecule has 0 N–H and O–H groups in total. The van der Waals surface area contributed by atoms with Crippen molar-refractivity contribution in [3.8, 4) is 0 Å². The Morgan fingerprint density at radius 1 is 0.933 bits per heavy atom. The molecule has 2 aromatic carbocycles. The van der Waals surface area contributed by atoms with E-state index in [1.807, 2.05) is 50.8 Å². The lowest BCUT2D eigenvalue weighted by Crippen LogP contribution is -2.47. The van der Waals surface area contributed by atoms with Crippen molar-refractivity contribution < 1.29 is 18.7 Å². The molecule has 0 spiro atoms. The number of rotatable bonds is 3. The van der Waals surface area contributed by atoms with Gasteiger partial charge in [-0.25, -0.2) is 9.29 Å². The molecule has 156 valence electrons. The molecule has 1 fully saturated rings. The standard InChI is InChI=1S/C24H25FN2O3/c1-14-8-9-18(10-15(14)2)21-22(26-12-16(3)30-17(4)13-26)24(29)27(23(21)28)20-7-5-6-19(25)11-20/h5-11,16-17H,12-13H2,1-4H3. The highest BCUT2D eigenvalue weighted by atomic mass is 19.1. The van der Waals surface area contributed by atoms with Gasteiger partial charge in [-0.05, 0) is 62.6 Å². The number of halogens is 1. The highest BCUT2D eigenvalue weighted by Crippen LogP contribution is 2.36. The summed E-state index contributed by atoms with van der Waals surface area (Å²) in [6.45, 7) is 8.88. The number of imide groups is 1. The second kappa shape index (κ2) is 7.69. The molecule has 2 unspecified atom stereocenters. The van der Waals surface area contributed by atoms with Gasteiger partial charge in [-0.2, -0.15) is 0 Å². The summed E-state index contributed by atoms with van der Waals surface area (Å²) in [6, 6.07) is 11.3. The molecular weight excluding hydrogens is 383 g/mol. The average Bonchev–Trinajstić information content (AvgIpc) is 2.93. The predicted molar refractivity (Wildman–Crippen MR) is 113 cm³/mol. The van der Waals surface area contributed by atoms with Crippen molar-refractivity contribution >= 4 is 23.1 Å². The van der Waals surface area contributed by atoms with Gasteiger partial charge in [-0.1, -0.05) is 24.3 Å². The fourth-order valence-electron chi connectivity index (χ4n) is 4.18. The summed E-state index contributed by atoms with van der Waals surface area (Å²) in [5, 5.41) is 0. The SMILES string of the molecule is Cc1ccc(C2=C(N3CC(C)OC(C)C3)C(=O)N(c3cccc(F)c3)C2=O)cc1C. The lowest BCUT2D eigenvalue weighted by molar-refractivity contribution is -0.121. The molecule has 2 amide bonds. The van der Waals surface area contributed by atoms with Crippen LogP contribution in [-0.2, 0) is 14.3 Å². The summed E-state index contributed by atoms with van der Waals surface area (Å²) in [5.41, 5.74) is 3.77. The molecule has 2 aliphatic heterocycles. The number of carbonyl (C=O) groups excluding carboxylic acids is 2. The third kappa shape index (κ3) is 3.52. The van der Waals surface area contributed by atoms with E-state index in [2.05, 4.69) is 0 Å². The zero-order chi connectivity index (χ0) is 21.6. The number of benzene rings is 2. The van der Waals surface area contributed by atoms with Gasteiger partial charge in [0.15, 0.2) is 0 Å². The Balaban J connectivity index is 1.86. The molecular formula is C24H25FN2O3. The molecule has 0 radical (unpaired) electrons. The predicted octanol–water partition coefficient (Wildman–Crippen LogP) is 3.84. The molecule has 5 nitrogen and oxygen atoms in total. The van der Waals surface area contributed by atoms with Crippen LogP contribution in [0.1, 0.15) is 30.5 Å². The van der Waals surface area contributed by atoms with E-state index in [9.17, 15) is 14.0 Å². The molecule has 0 saturated carbocycles. The fourth-order valence-corrected chi connectivity index (χ4v) is 4.18. The molecule has 2 atom stereocenters. The van der Waals surface area contributed by atoms with Crippen molar-refractivity contribution in [1.82, 2.24) is 4.90 Å². The van der Waals surface area contributed by atoms with E-state index in [1.165, 1.54) is 18.2 Å². The van der Waals surface area contributed by atoms with Gasteiger partial charge < -0.3 is 9.64 Å². The van der Waals surface area contributed by atoms with Gasteiger partial charge in [0, 0.05) is 13.1 Å². The van der Waals surface area contributed by atoms with Crippen LogP contribution in [0.4, 0.5) is 10.1 Å². The van der Waals surface area contributed by atoms with Crippen LogP contribution in [-0.4, -0.2) is 42.0 Å². The Bertz CT molecular complexity index is 1050. The van der Waals surface area contributed by atoms with Crippen LogP contribution in [0.25, 0.3) is 5.57 Å². The Labute approximate surface area is 175 Å². The zero-order valence-corrected chi connectivity index (χ0v) is 17.6. The maximum Gasteiger partial charge on any atom is 0.282 e. The van der Waals surface area contributed by atoms with Gasteiger partial charge in [0.05, 0.1) is 23.5 Å². The van der Waals surface area contributed by atoms with Crippen LogP contribution in [0, 0.1) is 19.7 Å². The molecule has 2 aliphatic rings. The largest absolute Gasteiger partial charge is 0.372 e. The van der Waals surface area contributed by atoms with Crippen LogP contribution in [0.3, 0.4) is 0 Å². The van der Waals surface area contributed by atoms with Gasteiger partial charge in [-0.3, -0.25) is 9.59 Å². The van der Waals surface area contributed by atoms with Crippen molar-refractivity contribution in [3.05, 3.63) is 70.7 Å². The lowest BCUT2D eigenvalue weighted by atomic mass is 9.99. The summed E-state index contributed by atoms with van der Waals surface area (Å²) in [5.74, 6) is -1.36. The first-order valence-corrected chi connectivity index (χ1v) is 10.1. The summed E-state index contributed by atoms with van der Waals surface area (Å²) < 4.78 is 19.7. The Kier molecular flexibility index (Phi) is 5.20. The molecule has 0 bridgehead atoms. The number of anilines is 1. The maximum atomic E-state index is 13.9. The zero-order valence-electron chi connectivity index (χ0n) is 17.6. The quantitative estimate of drug-likeness (QED) is 0.725. The Morgan fingerprint density at radius 2 is 1.63 bits per heavy atom. The smallest absolute Gasteiger partial charge is 0.282 e. The number of hydrogen-bond acceptors (Lipinski definition) is 4. The van der Waals surface area contributed by atoms with Crippen molar-refractivity contribution in [2.24, 2.45) is 0 Å². The van der Waals surface area contributed by atoms with Crippen molar-refractivity contribution in [1.29, 1.82) is 0 Å². The summed E-state index contributed by atoms with van der Waals surface area (Å²) in [4.78, 5) is 30.0. The second-order valence-electron chi connectivity index (χ2n) is 8.11. The molecule has 1 saturated heterocycles. The average molecular weight is 408 g/mol. The summed E-state index contributed by atoms with van der Waals surface area (Å²) in [6.07, 6.45) is -0.151. The molecule has 4 rings (SSSR count). The third-order valence-electron chi connectivity index (χ3n) is 5.66. The molecule has 2 heterocycles. The summed E-state index contributed by atoms with van der Waals surface area (Å²) >= 11 is 0. The lowest BCUT2D eigenvalue weighted by Gasteiger charge is -2.37. The van der Waals surface area contributed by atoms with Gasteiger partial charge in [0.25, 0.3) is 11.8 Å². The van der Waals surface area contributed by atoms with Crippen LogP contribution < -0.4 is 4.90 Å². The highest BCUT2D eigenvalue weighted by Gasteiger charge is 2.44. The van der Waals surface area contributed by atoms with Gasteiger partial charge >= 0.3 is 0 Å². The third-order valence-corrected chi connectivity index (χ3v) is 5.66. The van der Waals surface area contributed by atoms with E-state index >= 15 is 0 Å². The first kappa shape index (κ1) is 20.3. The van der Waals surface area contributed by atoms with Crippen LogP contribution in [0.5, 0.6) is 0 Å². The molecule has 2 aromatic rings. The van der Waals surface area contributed by atoms with E-state index in [4.69, 9.17) is 4.74 Å². The van der Waals surface area contributed by atoms with Gasteiger partial charge in [0.1, 0.15) is 11.5 Å². The first-order valence-electron chi connectivity index (χ1n) is 10.1. The van der Waals surface area contributed by atoms with E-state index in [-0.39, 0.29) is 17.9 Å². The van der Waals surface area contributed by atoms with E-state index in [1.54, 1.807) is 6.07 Å². The van der Waals surface area contributed by atoms with Gasteiger partial charge in [-0.15, -0.1) is 0 Å². The number of hydrogen-bond donors (Lipinski definition) is 0. The number of amides is 2. The molecule has 6 heteroatoms. The minimum Gasteiger partial charge on any atom is -0.372 e. The minimum atomic E-state index is -0.497. The number of ether oxygens (including phenoxy) is 1. The number of carbonyl (C=O) groups is 2. The van der Waals surface area contributed by atoms with Crippen molar-refractivity contribution in [3.63, 3.8) is 0 Å².